The summed E-state index contributed by atoms with van der Waals surface area (Å²) in [5.74, 6) is 0. The number of hydrogen-bond donors (Lipinski definition) is 0. The van der Waals surface area contributed by atoms with Gasteiger partial charge in [0.05, 0.1) is 45.2 Å². The van der Waals surface area contributed by atoms with Gasteiger partial charge >= 0.3 is 0 Å². The molecular weight excluding hydrogens is 589 g/mol. The fourth-order valence-corrected chi connectivity index (χ4v) is 6.14. The predicted molar refractivity (Wildman–Crippen MR) is 193 cm³/mol. The molecule has 5 heterocycles. The van der Waals surface area contributed by atoms with E-state index in [2.05, 4.69) is 82.8 Å². The van der Waals surface area contributed by atoms with Crippen LogP contribution in [0.2, 0.25) is 0 Å². The van der Waals surface area contributed by atoms with Gasteiger partial charge in [-0.25, -0.2) is 20.0 Å². The van der Waals surface area contributed by atoms with Crippen LogP contribution in [0.5, 0.6) is 0 Å². The Morgan fingerprint density at radius 3 is 1.17 bits per heavy atom. The number of aromatic nitrogens is 4. The number of hydrogen-bond acceptors (Lipinski definition) is 6. The Kier molecular flexibility index (Phi) is 6.68. The summed E-state index contributed by atoms with van der Waals surface area (Å²) in [6.07, 6.45) is 3.62. The van der Waals surface area contributed by atoms with Crippen molar-refractivity contribution in [2.45, 2.75) is 0 Å². The van der Waals surface area contributed by atoms with E-state index < -0.39 is 0 Å². The molecule has 0 saturated heterocycles. The summed E-state index contributed by atoms with van der Waals surface area (Å²) >= 11 is 0. The molecule has 0 bridgehead atoms. The zero-order valence-corrected chi connectivity index (χ0v) is 25.7. The van der Waals surface area contributed by atoms with Crippen LogP contribution in [0.3, 0.4) is 0 Å². The molecule has 0 aliphatic carbocycles. The maximum atomic E-state index is 5.40. The molecule has 4 aromatic heterocycles. The number of benzene rings is 4. The van der Waals surface area contributed by atoms with Gasteiger partial charge in [-0.3, -0.25) is 9.97 Å². The van der Waals surface area contributed by atoms with Crippen molar-refractivity contribution in [1.82, 2.24) is 19.9 Å². The lowest BCUT2D eigenvalue weighted by atomic mass is 9.98. The van der Waals surface area contributed by atoms with E-state index >= 15 is 0 Å². The highest BCUT2D eigenvalue weighted by molar-refractivity contribution is 6.22. The molecule has 0 amide bonds. The van der Waals surface area contributed by atoms with E-state index in [1.807, 2.05) is 85.2 Å². The Hall–Kier alpha value is -6.66. The molecule has 0 radical (unpaired) electrons. The molecule has 0 atom stereocenters. The van der Waals surface area contributed by atoms with Crippen molar-refractivity contribution in [2.75, 3.05) is 0 Å². The second-order valence-electron chi connectivity index (χ2n) is 11.6. The van der Waals surface area contributed by atoms with Crippen LogP contribution in [0, 0.1) is 0 Å². The smallest absolute Gasteiger partial charge is 0.116 e. The maximum absolute atomic E-state index is 5.40. The van der Waals surface area contributed by atoms with Crippen LogP contribution < -0.4 is 0 Å². The standard InChI is InChI=1S/C42H26N6/c1-3-13-35-31(9-1)25-37-41(45-35)39(29-19-15-27(16-20-29)33-11-5-7-23-43-33)48-38-26-32-10-2-4-14-36(32)46-42(38)40(47-37)30-21-17-28(18-22-30)34-12-6-8-24-44-34/h1-26H/b41-39?,42-40?,47-37?,47-40-,48-38?,48-39-. The fraction of sp³-hybridized carbons (Fsp3) is 0. The summed E-state index contributed by atoms with van der Waals surface area (Å²) in [4.78, 5) is 30.3. The van der Waals surface area contributed by atoms with Gasteiger partial charge in [-0.1, -0.05) is 97.1 Å². The molecule has 6 heteroatoms. The lowest BCUT2D eigenvalue weighted by Crippen LogP contribution is -2.13. The second-order valence-corrected chi connectivity index (χ2v) is 11.6. The van der Waals surface area contributed by atoms with E-state index in [1.54, 1.807) is 0 Å². The molecule has 224 valence electrons. The van der Waals surface area contributed by atoms with Gasteiger partial charge in [-0.05, 0) is 48.5 Å². The average molecular weight is 615 g/mol. The highest BCUT2D eigenvalue weighted by atomic mass is 14.9. The summed E-state index contributed by atoms with van der Waals surface area (Å²) in [5.41, 5.74) is 11.8. The Morgan fingerprint density at radius 1 is 0.354 bits per heavy atom. The quantitative estimate of drug-likeness (QED) is 0.198. The number of para-hydroxylation sites is 2. The molecule has 48 heavy (non-hydrogen) atoms. The normalized spacial score (nSPS) is 14.6. The zero-order chi connectivity index (χ0) is 31.9. The van der Waals surface area contributed by atoms with Crippen LogP contribution in [0.1, 0.15) is 22.5 Å². The van der Waals surface area contributed by atoms with Crippen LogP contribution in [0.15, 0.2) is 168 Å². The van der Waals surface area contributed by atoms with Gasteiger partial charge < -0.3 is 0 Å². The molecule has 9 rings (SSSR count). The maximum Gasteiger partial charge on any atom is 0.116 e. The predicted octanol–water partition coefficient (Wildman–Crippen LogP) is 9.56. The SMILES string of the molecule is c1ccc(-c2ccc(/C3=N/c4cc5ccccc5nc4/C(c4ccc(-c5ccccn5)cc4)=N\c4cc5ccccc5nc43)cc2)nc1. The molecule has 0 saturated carbocycles. The van der Waals surface area contributed by atoms with E-state index in [9.17, 15) is 0 Å². The third kappa shape index (κ3) is 5.02. The molecular formula is C42H26N6. The lowest BCUT2D eigenvalue weighted by molar-refractivity contribution is 1.27. The van der Waals surface area contributed by atoms with Gasteiger partial charge in [-0.2, -0.15) is 0 Å². The average Bonchev–Trinajstić information content (AvgIpc) is 3.16. The lowest BCUT2D eigenvalue weighted by Gasteiger charge is -2.18. The molecule has 4 aromatic carbocycles. The molecule has 1 aliphatic rings. The van der Waals surface area contributed by atoms with E-state index in [1.165, 1.54) is 0 Å². The number of rotatable bonds is 4. The molecule has 0 unspecified atom stereocenters. The van der Waals surface area contributed by atoms with Crippen LogP contribution >= 0.6 is 0 Å². The van der Waals surface area contributed by atoms with E-state index in [-0.39, 0.29) is 0 Å². The monoisotopic (exact) mass is 614 g/mol. The van der Waals surface area contributed by atoms with E-state index in [4.69, 9.17) is 20.0 Å². The van der Waals surface area contributed by atoms with Gasteiger partial charge in [0.2, 0.25) is 0 Å². The van der Waals surface area contributed by atoms with Crippen LogP contribution in [0.4, 0.5) is 11.4 Å². The summed E-state index contributed by atoms with van der Waals surface area (Å²) < 4.78 is 0. The number of pyridine rings is 4. The summed E-state index contributed by atoms with van der Waals surface area (Å²) in [6.45, 7) is 0. The van der Waals surface area contributed by atoms with Crippen LogP contribution in [-0.2, 0) is 0 Å². The third-order valence-electron chi connectivity index (χ3n) is 8.56. The molecule has 0 spiro atoms. The summed E-state index contributed by atoms with van der Waals surface area (Å²) in [7, 11) is 0. The first-order valence-corrected chi connectivity index (χ1v) is 15.8. The van der Waals surface area contributed by atoms with Crippen LogP contribution in [-0.4, -0.2) is 31.4 Å². The first kappa shape index (κ1) is 27.6. The van der Waals surface area contributed by atoms with Crippen molar-refractivity contribution in [3.63, 3.8) is 0 Å². The van der Waals surface area contributed by atoms with Crippen molar-refractivity contribution in [3.05, 3.63) is 181 Å². The molecule has 8 aromatic rings. The molecule has 0 fully saturated rings. The van der Waals surface area contributed by atoms with E-state index in [0.717, 1.165) is 78.2 Å². The van der Waals surface area contributed by atoms with Gasteiger partial charge in [0.25, 0.3) is 0 Å². The topological polar surface area (TPSA) is 76.3 Å². The van der Waals surface area contributed by atoms with Crippen molar-refractivity contribution in [1.29, 1.82) is 0 Å². The molecule has 6 nitrogen and oxygen atoms in total. The van der Waals surface area contributed by atoms with Crippen molar-refractivity contribution in [2.24, 2.45) is 9.98 Å². The first-order valence-electron chi connectivity index (χ1n) is 15.8. The first-order chi connectivity index (χ1) is 23.8. The number of fused-ring (bicyclic) bond motifs is 4. The van der Waals surface area contributed by atoms with Crippen molar-refractivity contribution < 1.29 is 0 Å². The highest BCUT2D eigenvalue weighted by Gasteiger charge is 2.24. The third-order valence-corrected chi connectivity index (χ3v) is 8.56. The largest absolute Gasteiger partial charge is 0.256 e. The Morgan fingerprint density at radius 2 is 0.750 bits per heavy atom. The minimum atomic E-state index is 0.709. The number of nitrogens with zero attached hydrogens (tertiary/aromatic N) is 6. The Labute approximate surface area is 276 Å². The summed E-state index contributed by atoms with van der Waals surface area (Å²) in [5, 5.41) is 2.00. The Balaban J connectivity index is 1.29. The van der Waals surface area contributed by atoms with Gasteiger partial charge in [0.15, 0.2) is 0 Å². The zero-order valence-electron chi connectivity index (χ0n) is 25.7. The second kappa shape index (κ2) is 11.6. The highest BCUT2D eigenvalue weighted by Crippen LogP contribution is 2.36. The van der Waals surface area contributed by atoms with Gasteiger partial charge in [0.1, 0.15) is 11.4 Å². The molecule has 1 aliphatic heterocycles. The van der Waals surface area contributed by atoms with Crippen LogP contribution in [0.25, 0.3) is 44.3 Å². The summed E-state index contributed by atoms with van der Waals surface area (Å²) in [6, 6.07) is 49.0. The fourth-order valence-electron chi connectivity index (χ4n) is 6.14. The minimum absolute atomic E-state index is 0.709. The molecule has 0 N–H and O–H groups in total. The Bertz CT molecular complexity index is 2340. The van der Waals surface area contributed by atoms with Crippen molar-refractivity contribution >= 4 is 44.6 Å². The van der Waals surface area contributed by atoms with Gasteiger partial charge in [-0.15, -0.1) is 0 Å². The van der Waals surface area contributed by atoms with Crippen molar-refractivity contribution in [3.8, 4) is 22.5 Å². The van der Waals surface area contributed by atoms with Gasteiger partial charge in [0, 0.05) is 45.4 Å². The number of aliphatic imine (C=N–C) groups is 2. The van der Waals surface area contributed by atoms with E-state index in [0.29, 0.717) is 11.4 Å². The minimum Gasteiger partial charge on any atom is -0.256 e.